The zero-order valence-corrected chi connectivity index (χ0v) is 7.15. The summed E-state index contributed by atoms with van der Waals surface area (Å²) in [6, 6.07) is 0. The minimum atomic E-state index is -0.407. The first-order chi connectivity index (χ1) is 4.64. The van der Waals surface area contributed by atoms with E-state index in [9.17, 15) is 0 Å². The van der Waals surface area contributed by atoms with Gasteiger partial charge in [-0.15, -0.1) is 0 Å². The molecule has 4 heteroatoms. The SMILES string of the molecule is CC1(C)OCC(CNS)O1. The van der Waals surface area contributed by atoms with Gasteiger partial charge in [-0.05, 0) is 13.8 Å². The number of hydrogen-bond donors (Lipinski definition) is 2. The highest BCUT2D eigenvalue weighted by Crippen LogP contribution is 2.21. The fourth-order valence-corrected chi connectivity index (χ4v) is 1.17. The summed E-state index contributed by atoms with van der Waals surface area (Å²) in [7, 11) is 0. The van der Waals surface area contributed by atoms with E-state index in [1.54, 1.807) is 0 Å². The summed E-state index contributed by atoms with van der Waals surface area (Å²) in [6.45, 7) is 5.20. The van der Waals surface area contributed by atoms with E-state index >= 15 is 0 Å². The van der Waals surface area contributed by atoms with Gasteiger partial charge < -0.3 is 9.47 Å². The topological polar surface area (TPSA) is 30.5 Å². The number of ether oxygens (including phenoxy) is 2. The lowest BCUT2D eigenvalue weighted by Gasteiger charge is -2.16. The molecule has 1 atom stereocenters. The van der Waals surface area contributed by atoms with Crippen LogP contribution < -0.4 is 4.72 Å². The van der Waals surface area contributed by atoms with Gasteiger partial charge in [-0.1, -0.05) is 12.8 Å². The lowest BCUT2D eigenvalue weighted by molar-refractivity contribution is -0.137. The van der Waals surface area contributed by atoms with Gasteiger partial charge in [0.15, 0.2) is 5.79 Å². The molecule has 1 fully saturated rings. The number of hydrogen-bond acceptors (Lipinski definition) is 4. The molecule has 1 N–H and O–H groups in total. The van der Waals surface area contributed by atoms with Crippen molar-refractivity contribution in [1.82, 2.24) is 4.72 Å². The third-order valence-electron chi connectivity index (χ3n) is 1.39. The molecule has 60 valence electrons. The number of thiol groups is 1. The molecule has 1 unspecified atom stereocenters. The molecule has 1 aliphatic heterocycles. The van der Waals surface area contributed by atoms with Crippen molar-refractivity contribution in [1.29, 1.82) is 0 Å². The predicted molar refractivity (Wildman–Crippen MR) is 41.9 cm³/mol. The van der Waals surface area contributed by atoms with Crippen LogP contribution in [-0.2, 0) is 9.47 Å². The van der Waals surface area contributed by atoms with Crippen molar-refractivity contribution in [2.75, 3.05) is 13.2 Å². The van der Waals surface area contributed by atoms with E-state index in [-0.39, 0.29) is 6.10 Å². The van der Waals surface area contributed by atoms with Crippen LogP contribution in [0.2, 0.25) is 0 Å². The smallest absolute Gasteiger partial charge is 0.163 e. The van der Waals surface area contributed by atoms with E-state index in [0.717, 1.165) is 6.54 Å². The van der Waals surface area contributed by atoms with E-state index in [0.29, 0.717) is 6.61 Å². The van der Waals surface area contributed by atoms with Crippen LogP contribution >= 0.6 is 12.8 Å². The minimum Gasteiger partial charge on any atom is -0.348 e. The summed E-state index contributed by atoms with van der Waals surface area (Å²) in [5, 5.41) is 0. The maximum Gasteiger partial charge on any atom is 0.163 e. The Morgan fingerprint density at radius 2 is 2.40 bits per heavy atom. The zero-order valence-electron chi connectivity index (χ0n) is 6.26. The largest absolute Gasteiger partial charge is 0.348 e. The van der Waals surface area contributed by atoms with Crippen LogP contribution in [0, 0.1) is 0 Å². The van der Waals surface area contributed by atoms with Gasteiger partial charge in [-0.25, -0.2) is 0 Å². The lowest BCUT2D eigenvalue weighted by atomic mass is 10.4. The second-order valence-electron chi connectivity index (χ2n) is 2.81. The van der Waals surface area contributed by atoms with Crippen LogP contribution in [0.4, 0.5) is 0 Å². The van der Waals surface area contributed by atoms with Crippen LogP contribution in [0.15, 0.2) is 0 Å². The molecule has 0 aliphatic carbocycles. The molecule has 10 heavy (non-hydrogen) atoms. The first-order valence-electron chi connectivity index (χ1n) is 3.33. The Bertz CT molecular complexity index is 118. The molecule has 1 rings (SSSR count). The average Bonchev–Trinajstić information content (AvgIpc) is 2.12. The Morgan fingerprint density at radius 3 is 2.80 bits per heavy atom. The molecule has 0 aromatic rings. The van der Waals surface area contributed by atoms with E-state index in [4.69, 9.17) is 9.47 Å². The van der Waals surface area contributed by atoms with Gasteiger partial charge in [0.1, 0.15) is 0 Å². The molecule has 0 bridgehead atoms. The Balaban J connectivity index is 2.29. The third-order valence-corrected chi connectivity index (χ3v) is 1.57. The Hall–Kier alpha value is 0.230. The van der Waals surface area contributed by atoms with Crippen LogP contribution in [0.5, 0.6) is 0 Å². The van der Waals surface area contributed by atoms with Crippen molar-refractivity contribution in [3.05, 3.63) is 0 Å². The molecular formula is C6H13NO2S. The maximum absolute atomic E-state index is 5.46. The molecule has 1 saturated heterocycles. The summed E-state index contributed by atoms with van der Waals surface area (Å²) >= 11 is 3.87. The molecule has 1 aliphatic rings. The van der Waals surface area contributed by atoms with Crippen LogP contribution in [0.25, 0.3) is 0 Å². The molecule has 1 heterocycles. The summed E-state index contributed by atoms with van der Waals surface area (Å²) in [6.07, 6.45) is 0.146. The van der Waals surface area contributed by atoms with Gasteiger partial charge in [0.05, 0.1) is 12.7 Å². The summed E-state index contributed by atoms with van der Waals surface area (Å²) in [4.78, 5) is 0. The molecule has 0 aromatic carbocycles. The second kappa shape index (κ2) is 3.09. The summed E-state index contributed by atoms with van der Waals surface area (Å²) in [5.41, 5.74) is 0. The first kappa shape index (κ1) is 8.33. The molecular weight excluding hydrogens is 150 g/mol. The van der Waals surface area contributed by atoms with Crippen LogP contribution in [-0.4, -0.2) is 25.0 Å². The Morgan fingerprint density at radius 1 is 1.70 bits per heavy atom. The second-order valence-corrected chi connectivity index (χ2v) is 3.13. The van der Waals surface area contributed by atoms with E-state index < -0.39 is 5.79 Å². The number of nitrogens with one attached hydrogen (secondary N) is 1. The monoisotopic (exact) mass is 163 g/mol. The van der Waals surface area contributed by atoms with Crippen molar-refractivity contribution in [3.63, 3.8) is 0 Å². The van der Waals surface area contributed by atoms with Crippen molar-refractivity contribution >= 4 is 12.8 Å². The van der Waals surface area contributed by atoms with Crippen molar-refractivity contribution in [2.24, 2.45) is 0 Å². The molecule has 0 amide bonds. The molecule has 0 aromatic heterocycles. The lowest BCUT2D eigenvalue weighted by Crippen LogP contribution is -2.26. The van der Waals surface area contributed by atoms with Crippen molar-refractivity contribution < 1.29 is 9.47 Å². The molecule has 3 nitrogen and oxygen atoms in total. The third kappa shape index (κ3) is 2.12. The first-order valence-corrected chi connectivity index (χ1v) is 3.77. The van der Waals surface area contributed by atoms with Gasteiger partial charge in [0.25, 0.3) is 0 Å². The van der Waals surface area contributed by atoms with Gasteiger partial charge >= 0.3 is 0 Å². The highest BCUT2D eigenvalue weighted by molar-refractivity contribution is 7.78. The van der Waals surface area contributed by atoms with Crippen molar-refractivity contribution in [3.8, 4) is 0 Å². The van der Waals surface area contributed by atoms with Crippen LogP contribution in [0.3, 0.4) is 0 Å². The van der Waals surface area contributed by atoms with Gasteiger partial charge in [0, 0.05) is 6.54 Å². The summed E-state index contributed by atoms with van der Waals surface area (Å²) in [5.74, 6) is -0.407. The Kier molecular flexibility index (Phi) is 2.57. The summed E-state index contributed by atoms with van der Waals surface area (Å²) < 4.78 is 13.5. The van der Waals surface area contributed by atoms with E-state index in [2.05, 4.69) is 17.5 Å². The average molecular weight is 163 g/mol. The quantitative estimate of drug-likeness (QED) is 0.583. The molecule has 0 radical (unpaired) electrons. The van der Waals surface area contributed by atoms with Gasteiger partial charge in [-0.2, -0.15) is 0 Å². The van der Waals surface area contributed by atoms with Gasteiger partial charge in [0.2, 0.25) is 0 Å². The predicted octanol–water partition coefficient (Wildman–Crippen LogP) is 0.572. The van der Waals surface area contributed by atoms with Gasteiger partial charge in [-0.3, -0.25) is 4.72 Å². The fourth-order valence-electron chi connectivity index (χ4n) is 0.965. The zero-order chi connectivity index (χ0) is 7.61. The minimum absolute atomic E-state index is 0.146. The fraction of sp³-hybridized carbons (Fsp3) is 1.00. The number of rotatable bonds is 2. The highest BCUT2D eigenvalue weighted by Gasteiger charge is 2.31. The maximum atomic E-state index is 5.46. The van der Waals surface area contributed by atoms with E-state index in [1.807, 2.05) is 13.8 Å². The van der Waals surface area contributed by atoms with Crippen LogP contribution in [0.1, 0.15) is 13.8 Å². The highest BCUT2D eigenvalue weighted by atomic mass is 32.1. The normalized spacial score (nSPS) is 30.9. The molecule has 0 saturated carbocycles. The standard InChI is InChI=1S/C6H13NO2S/c1-6(2)8-4-5(9-6)3-7-10/h5,7,10H,3-4H2,1-2H3. The Labute approximate surface area is 66.6 Å². The van der Waals surface area contributed by atoms with Crippen molar-refractivity contribution in [2.45, 2.75) is 25.7 Å². The van der Waals surface area contributed by atoms with E-state index in [1.165, 1.54) is 0 Å². The molecule has 0 spiro atoms.